The number of anilines is 1. The quantitative estimate of drug-likeness (QED) is 0.844. The summed E-state index contributed by atoms with van der Waals surface area (Å²) in [5.41, 5.74) is 2.30. The van der Waals surface area contributed by atoms with Crippen molar-refractivity contribution >= 4 is 11.6 Å². The van der Waals surface area contributed by atoms with Crippen molar-refractivity contribution in [3.63, 3.8) is 0 Å². The van der Waals surface area contributed by atoms with E-state index in [4.69, 9.17) is 4.74 Å². The number of aryl methyl sites for hydroxylation is 2. The molecule has 7 heteroatoms. The summed E-state index contributed by atoms with van der Waals surface area (Å²) in [5.74, 6) is 0.363. The normalized spacial score (nSPS) is 11.1. The molecule has 0 fully saturated rings. The van der Waals surface area contributed by atoms with Gasteiger partial charge in [-0.3, -0.25) is 4.79 Å². The van der Waals surface area contributed by atoms with E-state index in [1.165, 1.54) is 24.3 Å². The number of rotatable bonds is 6. The van der Waals surface area contributed by atoms with Crippen LogP contribution in [-0.2, 0) is 4.79 Å². The molecule has 1 N–H and O–H groups in total. The lowest BCUT2D eigenvalue weighted by molar-refractivity contribution is -0.153. The summed E-state index contributed by atoms with van der Waals surface area (Å²) in [6.07, 6.45) is -4.39. The number of amides is 1. The molecule has 25 heavy (non-hydrogen) atoms. The summed E-state index contributed by atoms with van der Waals surface area (Å²) in [4.78, 5) is 11.9. The van der Waals surface area contributed by atoms with E-state index in [2.05, 4.69) is 10.1 Å². The van der Waals surface area contributed by atoms with Crippen LogP contribution < -0.4 is 14.8 Å². The molecule has 0 radical (unpaired) electrons. The first-order valence-electron chi connectivity index (χ1n) is 7.53. The number of halogens is 3. The van der Waals surface area contributed by atoms with Gasteiger partial charge in [0, 0.05) is 5.69 Å². The fourth-order valence-electron chi connectivity index (χ4n) is 2.16. The van der Waals surface area contributed by atoms with E-state index in [9.17, 15) is 18.0 Å². The minimum atomic E-state index is -4.39. The Kier molecular flexibility index (Phi) is 5.90. The van der Waals surface area contributed by atoms with Crippen LogP contribution in [0.25, 0.3) is 0 Å². The smallest absolute Gasteiger partial charge is 0.422 e. The lowest BCUT2D eigenvalue weighted by Crippen LogP contribution is -2.21. The second kappa shape index (κ2) is 7.92. The van der Waals surface area contributed by atoms with Crippen molar-refractivity contribution in [3.8, 4) is 11.5 Å². The van der Waals surface area contributed by atoms with Gasteiger partial charge >= 0.3 is 6.18 Å². The summed E-state index contributed by atoms with van der Waals surface area (Å²) in [6, 6.07) is 11.3. The molecule has 4 nitrogen and oxygen atoms in total. The van der Waals surface area contributed by atoms with E-state index in [0.29, 0.717) is 11.4 Å². The summed E-state index contributed by atoms with van der Waals surface area (Å²) < 4.78 is 46.4. The largest absolute Gasteiger partial charge is 0.484 e. The highest BCUT2D eigenvalue weighted by molar-refractivity contribution is 5.91. The van der Waals surface area contributed by atoms with Crippen LogP contribution in [0.3, 0.4) is 0 Å². The van der Waals surface area contributed by atoms with E-state index in [1.807, 2.05) is 32.0 Å². The third-order valence-corrected chi connectivity index (χ3v) is 3.30. The van der Waals surface area contributed by atoms with Crippen LogP contribution in [-0.4, -0.2) is 25.3 Å². The second-order valence-electron chi connectivity index (χ2n) is 5.49. The highest BCUT2D eigenvalue weighted by Crippen LogP contribution is 2.23. The fraction of sp³-hybridized carbons (Fsp3) is 0.278. The van der Waals surface area contributed by atoms with Gasteiger partial charge in [0.15, 0.2) is 13.2 Å². The van der Waals surface area contributed by atoms with Crippen LogP contribution in [0.4, 0.5) is 18.9 Å². The van der Waals surface area contributed by atoms with Gasteiger partial charge in [0.05, 0.1) is 0 Å². The van der Waals surface area contributed by atoms with E-state index >= 15 is 0 Å². The highest BCUT2D eigenvalue weighted by Gasteiger charge is 2.28. The number of carbonyl (C=O) groups excluding carboxylic acids is 1. The van der Waals surface area contributed by atoms with Crippen molar-refractivity contribution in [3.05, 3.63) is 53.6 Å². The zero-order chi connectivity index (χ0) is 18.4. The Bertz CT molecular complexity index is 707. The van der Waals surface area contributed by atoms with Crippen molar-refractivity contribution in [2.24, 2.45) is 0 Å². The maximum atomic E-state index is 12.1. The maximum Gasteiger partial charge on any atom is 0.422 e. The molecule has 0 spiro atoms. The Morgan fingerprint density at radius 3 is 2.16 bits per heavy atom. The van der Waals surface area contributed by atoms with Crippen molar-refractivity contribution in [2.45, 2.75) is 20.0 Å². The third-order valence-electron chi connectivity index (χ3n) is 3.30. The lowest BCUT2D eigenvalue weighted by Gasteiger charge is -2.12. The molecule has 0 aromatic heterocycles. The monoisotopic (exact) mass is 353 g/mol. The fourth-order valence-corrected chi connectivity index (χ4v) is 2.16. The summed E-state index contributed by atoms with van der Waals surface area (Å²) in [7, 11) is 0. The zero-order valence-corrected chi connectivity index (χ0v) is 13.8. The number of ether oxygens (including phenoxy) is 2. The first kappa shape index (κ1) is 18.6. The minimum Gasteiger partial charge on any atom is -0.484 e. The molecular formula is C18H18F3NO3. The molecule has 0 aliphatic rings. The molecule has 134 valence electrons. The van der Waals surface area contributed by atoms with Gasteiger partial charge in [-0.2, -0.15) is 13.2 Å². The molecule has 0 atom stereocenters. The van der Waals surface area contributed by atoms with Gasteiger partial charge in [0.1, 0.15) is 11.5 Å². The molecule has 0 bridgehead atoms. The molecule has 1 amide bonds. The standard InChI is InChI=1S/C18H18F3NO3/c1-12-4-3-5-13(2)17(12)24-10-16(23)22-14-6-8-15(9-7-14)25-11-18(19,20)21/h3-9H,10-11H2,1-2H3,(H,22,23). The minimum absolute atomic E-state index is 0.0714. The highest BCUT2D eigenvalue weighted by atomic mass is 19.4. The third kappa shape index (κ3) is 6.02. The number of para-hydroxylation sites is 1. The van der Waals surface area contributed by atoms with E-state index < -0.39 is 12.8 Å². The Hall–Kier alpha value is -2.70. The number of benzene rings is 2. The Balaban J connectivity index is 1.86. The molecule has 0 saturated heterocycles. The van der Waals surface area contributed by atoms with Gasteiger partial charge in [-0.05, 0) is 49.2 Å². The average Bonchev–Trinajstić information content (AvgIpc) is 2.53. The van der Waals surface area contributed by atoms with Crippen LogP contribution in [0.5, 0.6) is 11.5 Å². The van der Waals surface area contributed by atoms with Gasteiger partial charge < -0.3 is 14.8 Å². The van der Waals surface area contributed by atoms with Gasteiger partial charge in [0.25, 0.3) is 5.91 Å². The summed E-state index contributed by atoms with van der Waals surface area (Å²) in [5, 5.41) is 2.61. The van der Waals surface area contributed by atoms with E-state index in [-0.39, 0.29) is 18.3 Å². The number of hydrogen-bond donors (Lipinski definition) is 1. The summed E-state index contributed by atoms with van der Waals surface area (Å²) >= 11 is 0. The zero-order valence-electron chi connectivity index (χ0n) is 13.8. The molecule has 0 heterocycles. The Labute approximate surface area is 143 Å². The second-order valence-corrected chi connectivity index (χ2v) is 5.49. The van der Waals surface area contributed by atoms with Crippen LogP contribution in [0.15, 0.2) is 42.5 Å². The number of nitrogens with one attached hydrogen (secondary N) is 1. The molecule has 0 saturated carbocycles. The average molecular weight is 353 g/mol. The Morgan fingerprint density at radius 1 is 1.00 bits per heavy atom. The SMILES string of the molecule is Cc1cccc(C)c1OCC(=O)Nc1ccc(OCC(F)(F)F)cc1. The summed E-state index contributed by atoms with van der Waals surface area (Å²) in [6.45, 7) is 2.25. The van der Waals surface area contributed by atoms with Gasteiger partial charge in [-0.15, -0.1) is 0 Å². The first-order chi connectivity index (χ1) is 11.7. The number of hydrogen-bond acceptors (Lipinski definition) is 3. The van der Waals surface area contributed by atoms with Crippen molar-refractivity contribution in [2.75, 3.05) is 18.5 Å². The van der Waals surface area contributed by atoms with Crippen molar-refractivity contribution < 1.29 is 27.4 Å². The lowest BCUT2D eigenvalue weighted by atomic mass is 10.1. The van der Waals surface area contributed by atoms with Crippen molar-refractivity contribution in [1.82, 2.24) is 0 Å². The van der Waals surface area contributed by atoms with Crippen LogP contribution >= 0.6 is 0 Å². The first-order valence-corrected chi connectivity index (χ1v) is 7.53. The predicted molar refractivity (Wildman–Crippen MR) is 88.0 cm³/mol. The molecule has 0 aliphatic heterocycles. The predicted octanol–water partition coefficient (Wildman–Crippen LogP) is 4.26. The molecule has 2 aromatic carbocycles. The van der Waals surface area contributed by atoms with Gasteiger partial charge in [0.2, 0.25) is 0 Å². The topological polar surface area (TPSA) is 47.6 Å². The maximum absolute atomic E-state index is 12.1. The van der Waals surface area contributed by atoms with Gasteiger partial charge in [-0.25, -0.2) is 0 Å². The molecular weight excluding hydrogens is 335 g/mol. The van der Waals surface area contributed by atoms with Crippen molar-refractivity contribution in [1.29, 1.82) is 0 Å². The number of alkyl halides is 3. The van der Waals surface area contributed by atoms with Gasteiger partial charge in [-0.1, -0.05) is 18.2 Å². The van der Waals surface area contributed by atoms with Crippen LogP contribution in [0, 0.1) is 13.8 Å². The molecule has 0 aliphatic carbocycles. The Morgan fingerprint density at radius 2 is 1.60 bits per heavy atom. The van der Waals surface area contributed by atoms with Crippen LogP contribution in [0.2, 0.25) is 0 Å². The molecule has 0 unspecified atom stereocenters. The van der Waals surface area contributed by atoms with Crippen LogP contribution in [0.1, 0.15) is 11.1 Å². The molecule has 2 rings (SSSR count). The van der Waals surface area contributed by atoms with E-state index in [1.54, 1.807) is 0 Å². The molecule has 2 aromatic rings. The number of carbonyl (C=O) groups is 1. The van der Waals surface area contributed by atoms with E-state index in [0.717, 1.165) is 11.1 Å².